The van der Waals surface area contributed by atoms with Gasteiger partial charge in [-0.25, -0.2) is 20.5 Å². The van der Waals surface area contributed by atoms with Crippen LogP contribution in [0.3, 0.4) is 0 Å². The van der Waals surface area contributed by atoms with Crippen molar-refractivity contribution in [1.82, 2.24) is 0 Å². The number of aryl methyl sites for hydroxylation is 2. The van der Waals surface area contributed by atoms with Crippen LogP contribution in [0.1, 0.15) is 17.5 Å². The van der Waals surface area contributed by atoms with E-state index in [9.17, 15) is 9.59 Å². The van der Waals surface area contributed by atoms with Crippen LogP contribution in [0.4, 0.5) is 11.4 Å². The maximum Gasteiger partial charge on any atom is 0.358 e. The zero-order chi connectivity index (χ0) is 18.2. The molecule has 0 unspecified atom stereocenters. The molecule has 0 amide bonds. The molecule has 0 saturated carbocycles. The number of nitrogens with one attached hydrogen (secondary N) is 2. The van der Waals surface area contributed by atoms with Gasteiger partial charge in [0.1, 0.15) is 0 Å². The Balaban J connectivity index is 1.74. The minimum absolute atomic E-state index is 0.0182. The molecule has 0 spiro atoms. The molecule has 6 nitrogen and oxygen atoms in total. The van der Waals surface area contributed by atoms with Gasteiger partial charge in [0.25, 0.3) is 0 Å². The third-order valence-corrected chi connectivity index (χ3v) is 3.29. The van der Waals surface area contributed by atoms with Crippen LogP contribution in [0.2, 0.25) is 0 Å². The number of hydrogen-bond acceptors (Lipinski definition) is 6. The fourth-order valence-corrected chi connectivity index (χ4v) is 1.82. The number of rotatable bonds is 7. The summed E-state index contributed by atoms with van der Waals surface area (Å²) >= 11 is 0. The maximum absolute atomic E-state index is 11.8. The molecule has 0 bridgehead atoms. The number of hydrogen-bond donors (Lipinski definition) is 2. The SMILES string of the molecule is C=C(CC(=O)ONc1ccc(C)cc1)C(=O)ONc1ccc(C)cc1. The van der Waals surface area contributed by atoms with Crippen molar-refractivity contribution in [2.45, 2.75) is 20.3 Å². The van der Waals surface area contributed by atoms with Gasteiger partial charge >= 0.3 is 11.9 Å². The highest BCUT2D eigenvalue weighted by molar-refractivity contribution is 5.93. The van der Waals surface area contributed by atoms with E-state index in [-0.39, 0.29) is 12.0 Å². The van der Waals surface area contributed by atoms with E-state index in [2.05, 4.69) is 17.5 Å². The Labute approximate surface area is 146 Å². The first-order valence-electron chi connectivity index (χ1n) is 7.68. The van der Waals surface area contributed by atoms with Gasteiger partial charge in [-0.1, -0.05) is 42.0 Å². The monoisotopic (exact) mass is 340 g/mol. The van der Waals surface area contributed by atoms with Gasteiger partial charge in [0.2, 0.25) is 0 Å². The summed E-state index contributed by atoms with van der Waals surface area (Å²) in [7, 11) is 0. The maximum atomic E-state index is 11.8. The molecule has 0 fully saturated rings. The molecule has 0 radical (unpaired) electrons. The van der Waals surface area contributed by atoms with Crippen LogP contribution in [0, 0.1) is 13.8 Å². The fourth-order valence-electron chi connectivity index (χ4n) is 1.82. The molecule has 2 aromatic carbocycles. The smallest absolute Gasteiger partial charge is 0.343 e. The molecular weight excluding hydrogens is 320 g/mol. The molecule has 6 heteroatoms. The van der Waals surface area contributed by atoms with E-state index >= 15 is 0 Å². The van der Waals surface area contributed by atoms with Gasteiger partial charge in [-0.3, -0.25) is 0 Å². The topological polar surface area (TPSA) is 76.7 Å². The lowest BCUT2D eigenvalue weighted by molar-refractivity contribution is -0.143. The lowest BCUT2D eigenvalue weighted by Gasteiger charge is -2.09. The molecule has 2 aromatic rings. The van der Waals surface area contributed by atoms with Crippen LogP contribution >= 0.6 is 0 Å². The van der Waals surface area contributed by atoms with Gasteiger partial charge in [-0.15, -0.1) is 0 Å². The molecule has 2 N–H and O–H groups in total. The van der Waals surface area contributed by atoms with Crippen molar-refractivity contribution in [3.63, 3.8) is 0 Å². The van der Waals surface area contributed by atoms with Gasteiger partial charge in [-0.2, -0.15) is 0 Å². The first kappa shape index (κ1) is 18.1. The average Bonchev–Trinajstić information content (AvgIpc) is 2.60. The Morgan fingerprint density at radius 3 is 1.76 bits per heavy atom. The van der Waals surface area contributed by atoms with Gasteiger partial charge in [-0.05, 0) is 38.1 Å². The zero-order valence-electron chi connectivity index (χ0n) is 14.2. The van der Waals surface area contributed by atoms with Gasteiger partial charge in [0, 0.05) is 5.57 Å². The summed E-state index contributed by atoms with van der Waals surface area (Å²) < 4.78 is 0. The Kier molecular flexibility index (Phi) is 6.17. The minimum atomic E-state index is -0.729. The normalized spacial score (nSPS) is 9.84. The van der Waals surface area contributed by atoms with Crippen molar-refractivity contribution < 1.29 is 19.3 Å². The molecule has 25 heavy (non-hydrogen) atoms. The van der Waals surface area contributed by atoms with Crippen molar-refractivity contribution in [3.05, 3.63) is 71.8 Å². The molecule has 0 atom stereocenters. The van der Waals surface area contributed by atoms with E-state index in [1.54, 1.807) is 24.3 Å². The van der Waals surface area contributed by atoms with Gasteiger partial charge < -0.3 is 9.68 Å². The summed E-state index contributed by atoms with van der Waals surface area (Å²) in [6.45, 7) is 7.45. The lowest BCUT2D eigenvalue weighted by atomic mass is 10.2. The molecule has 0 aliphatic carbocycles. The summed E-state index contributed by atoms with van der Waals surface area (Å²) in [5.74, 6) is -1.37. The summed E-state index contributed by atoms with van der Waals surface area (Å²) in [4.78, 5) is 33.3. The van der Waals surface area contributed by atoms with Crippen LogP contribution in [0.25, 0.3) is 0 Å². The molecule has 0 saturated heterocycles. The Morgan fingerprint density at radius 2 is 1.28 bits per heavy atom. The second-order valence-electron chi connectivity index (χ2n) is 5.58. The molecule has 0 aliphatic rings. The van der Waals surface area contributed by atoms with E-state index in [0.29, 0.717) is 11.4 Å². The van der Waals surface area contributed by atoms with E-state index in [0.717, 1.165) is 11.1 Å². The van der Waals surface area contributed by atoms with Crippen LogP contribution in [0.15, 0.2) is 60.7 Å². The van der Waals surface area contributed by atoms with Crippen LogP contribution in [-0.2, 0) is 19.3 Å². The first-order valence-corrected chi connectivity index (χ1v) is 7.68. The summed E-state index contributed by atoms with van der Waals surface area (Å²) in [5, 5.41) is 0. The fraction of sp³-hybridized carbons (Fsp3) is 0.158. The standard InChI is InChI=1S/C19H20N2O4/c1-13-4-8-16(9-5-13)20-24-18(22)12-15(3)19(23)25-21-17-10-6-14(2)7-11-17/h4-11,20-21H,3,12H2,1-2H3. The molecule has 2 rings (SSSR count). The van der Waals surface area contributed by atoms with Gasteiger partial charge in [0.15, 0.2) is 0 Å². The van der Waals surface area contributed by atoms with Crippen molar-refractivity contribution in [2.24, 2.45) is 0 Å². The third-order valence-electron chi connectivity index (χ3n) is 3.29. The number of carbonyl (C=O) groups excluding carboxylic acids is 2. The van der Waals surface area contributed by atoms with E-state index in [1.165, 1.54) is 0 Å². The molecule has 0 heterocycles. The highest BCUT2D eigenvalue weighted by Gasteiger charge is 2.15. The second-order valence-corrected chi connectivity index (χ2v) is 5.58. The van der Waals surface area contributed by atoms with Crippen molar-refractivity contribution in [3.8, 4) is 0 Å². The third kappa shape index (κ3) is 6.02. The second kappa shape index (κ2) is 8.54. The first-order chi connectivity index (χ1) is 11.9. The summed E-state index contributed by atoms with van der Waals surface area (Å²) in [5.41, 5.74) is 8.45. The quantitative estimate of drug-likeness (QED) is 0.591. The van der Waals surface area contributed by atoms with Crippen molar-refractivity contribution in [2.75, 3.05) is 11.0 Å². The van der Waals surface area contributed by atoms with Gasteiger partial charge in [0.05, 0.1) is 17.8 Å². The van der Waals surface area contributed by atoms with E-state index < -0.39 is 11.9 Å². The Morgan fingerprint density at radius 1 is 0.840 bits per heavy atom. The highest BCUT2D eigenvalue weighted by atomic mass is 16.7. The van der Waals surface area contributed by atoms with E-state index in [1.807, 2.05) is 38.1 Å². The van der Waals surface area contributed by atoms with Crippen LogP contribution in [-0.4, -0.2) is 11.9 Å². The average molecular weight is 340 g/mol. The van der Waals surface area contributed by atoms with Crippen LogP contribution in [0.5, 0.6) is 0 Å². The van der Waals surface area contributed by atoms with Crippen LogP contribution < -0.4 is 11.0 Å². The lowest BCUT2D eigenvalue weighted by Crippen LogP contribution is -2.17. The Hall–Kier alpha value is -3.28. The number of benzene rings is 2. The predicted molar refractivity (Wildman–Crippen MR) is 95.5 cm³/mol. The van der Waals surface area contributed by atoms with E-state index in [4.69, 9.17) is 9.68 Å². The Bertz CT molecular complexity index is 752. The molecular formula is C19H20N2O4. The molecule has 0 aliphatic heterocycles. The summed E-state index contributed by atoms with van der Waals surface area (Å²) in [6, 6.07) is 14.6. The number of anilines is 2. The van der Waals surface area contributed by atoms with Crippen molar-refractivity contribution >= 4 is 23.3 Å². The molecule has 130 valence electrons. The minimum Gasteiger partial charge on any atom is -0.343 e. The molecule has 0 aromatic heterocycles. The number of carbonyl (C=O) groups is 2. The zero-order valence-corrected chi connectivity index (χ0v) is 14.2. The summed E-state index contributed by atoms with van der Waals surface area (Å²) in [6.07, 6.45) is -0.284. The largest absolute Gasteiger partial charge is 0.358 e. The van der Waals surface area contributed by atoms with Crippen molar-refractivity contribution in [1.29, 1.82) is 0 Å². The highest BCUT2D eigenvalue weighted by Crippen LogP contribution is 2.11. The predicted octanol–water partition coefficient (Wildman–Crippen LogP) is 3.69.